The summed E-state index contributed by atoms with van der Waals surface area (Å²) in [5.41, 5.74) is 0. The van der Waals surface area contributed by atoms with Crippen LogP contribution in [0.4, 0.5) is 8.78 Å². The van der Waals surface area contributed by atoms with Crippen LogP contribution in [-0.4, -0.2) is 42.0 Å². The van der Waals surface area contributed by atoms with Gasteiger partial charge in [-0.2, -0.15) is 0 Å². The highest BCUT2D eigenvalue weighted by atomic mass is 19.3. The van der Waals surface area contributed by atoms with Crippen molar-refractivity contribution in [2.45, 2.75) is 32.1 Å². The molecule has 0 saturated heterocycles. The Bertz CT molecular complexity index is 239. The molecule has 0 bridgehead atoms. The van der Waals surface area contributed by atoms with Gasteiger partial charge in [-0.05, 0) is 12.8 Å². The number of carbonyl (C=O) groups excluding carboxylic acids is 1. The molecule has 0 radical (unpaired) electrons. The van der Waals surface area contributed by atoms with Gasteiger partial charge in [0.25, 0.3) is 6.43 Å². The minimum atomic E-state index is -2.57. The van der Waals surface area contributed by atoms with Crippen molar-refractivity contribution in [3.05, 3.63) is 0 Å². The van der Waals surface area contributed by atoms with Crippen LogP contribution in [0.15, 0.2) is 0 Å². The normalized spacial score (nSPS) is 10.2. The molecule has 16 heavy (non-hydrogen) atoms. The van der Waals surface area contributed by atoms with Crippen molar-refractivity contribution in [1.82, 2.24) is 4.90 Å². The third-order valence-electron chi connectivity index (χ3n) is 2.04. The molecule has 3 nitrogen and oxygen atoms in total. The third kappa shape index (κ3) is 7.18. The zero-order valence-electron chi connectivity index (χ0n) is 9.16. The lowest BCUT2D eigenvalue weighted by atomic mass is 10.2. The maximum atomic E-state index is 12.1. The molecule has 0 aromatic carbocycles. The fourth-order valence-corrected chi connectivity index (χ4v) is 1.27. The number of aliphatic hydroxyl groups excluding tert-OH is 1. The lowest BCUT2D eigenvalue weighted by molar-refractivity contribution is -0.133. The quantitative estimate of drug-likeness (QED) is 0.506. The van der Waals surface area contributed by atoms with Gasteiger partial charge in [-0.15, -0.1) is 12.3 Å². The first-order chi connectivity index (χ1) is 7.61. The third-order valence-corrected chi connectivity index (χ3v) is 2.04. The summed E-state index contributed by atoms with van der Waals surface area (Å²) in [5.74, 6) is 2.09. The van der Waals surface area contributed by atoms with Gasteiger partial charge in [0, 0.05) is 19.4 Å². The minimum absolute atomic E-state index is 0.0433. The molecule has 1 N–H and O–H groups in total. The second kappa shape index (κ2) is 9.10. The molecule has 0 aromatic rings. The van der Waals surface area contributed by atoms with Crippen molar-refractivity contribution in [2.75, 3.05) is 19.7 Å². The van der Waals surface area contributed by atoms with Gasteiger partial charge in [0.05, 0.1) is 13.2 Å². The predicted octanol–water partition coefficient (Wildman–Crippen LogP) is 1.27. The van der Waals surface area contributed by atoms with Gasteiger partial charge in [-0.25, -0.2) is 8.78 Å². The molecule has 0 aliphatic heterocycles. The molecule has 0 heterocycles. The standard InChI is InChI=1S/C11H17F2NO2/c1-2-3-4-5-6-11(16)14(7-8-15)9-10(12)13/h1,10,15H,3-9H2. The SMILES string of the molecule is C#CCCCCC(=O)N(CCO)CC(F)F. The van der Waals surface area contributed by atoms with Gasteiger partial charge < -0.3 is 10.0 Å². The first-order valence-corrected chi connectivity index (χ1v) is 5.22. The Balaban J connectivity index is 3.92. The van der Waals surface area contributed by atoms with E-state index < -0.39 is 13.0 Å². The molecule has 0 spiro atoms. The Labute approximate surface area is 94.4 Å². The van der Waals surface area contributed by atoms with E-state index >= 15 is 0 Å². The predicted molar refractivity (Wildman–Crippen MR) is 57.0 cm³/mol. The average Bonchev–Trinajstić information content (AvgIpc) is 2.23. The number of amides is 1. The lowest BCUT2D eigenvalue weighted by Gasteiger charge is -2.21. The van der Waals surface area contributed by atoms with Crippen LogP contribution in [0.1, 0.15) is 25.7 Å². The summed E-state index contributed by atoms with van der Waals surface area (Å²) >= 11 is 0. The van der Waals surface area contributed by atoms with Crippen molar-refractivity contribution < 1.29 is 18.7 Å². The number of rotatable bonds is 8. The summed E-state index contributed by atoms with van der Waals surface area (Å²) in [7, 11) is 0. The second-order valence-corrected chi connectivity index (χ2v) is 3.37. The van der Waals surface area contributed by atoms with Crippen LogP contribution in [0.5, 0.6) is 0 Å². The number of aliphatic hydroxyl groups is 1. The first kappa shape index (κ1) is 14.8. The minimum Gasteiger partial charge on any atom is -0.395 e. The highest BCUT2D eigenvalue weighted by molar-refractivity contribution is 5.76. The molecule has 0 saturated carbocycles. The van der Waals surface area contributed by atoms with Crippen LogP contribution in [0, 0.1) is 12.3 Å². The molecule has 0 fully saturated rings. The average molecular weight is 233 g/mol. The fourth-order valence-electron chi connectivity index (χ4n) is 1.27. The van der Waals surface area contributed by atoms with Crippen molar-refractivity contribution in [2.24, 2.45) is 0 Å². The van der Waals surface area contributed by atoms with E-state index in [4.69, 9.17) is 11.5 Å². The number of terminal acetylenes is 1. The summed E-state index contributed by atoms with van der Waals surface area (Å²) < 4.78 is 24.2. The molecular weight excluding hydrogens is 216 g/mol. The van der Waals surface area contributed by atoms with Gasteiger partial charge in [0.2, 0.25) is 5.91 Å². The number of nitrogens with zero attached hydrogens (tertiary/aromatic N) is 1. The molecule has 0 aliphatic rings. The van der Waals surface area contributed by atoms with Gasteiger partial charge in [0.1, 0.15) is 0 Å². The maximum absolute atomic E-state index is 12.1. The van der Waals surface area contributed by atoms with E-state index in [0.29, 0.717) is 19.3 Å². The molecule has 0 aliphatic carbocycles. The van der Waals surface area contributed by atoms with Gasteiger partial charge in [-0.1, -0.05) is 0 Å². The van der Waals surface area contributed by atoms with E-state index in [1.807, 2.05) is 0 Å². The summed E-state index contributed by atoms with van der Waals surface area (Å²) in [5, 5.41) is 8.64. The van der Waals surface area contributed by atoms with E-state index in [9.17, 15) is 13.6 Å². The number of alkyl halides is 2. The molecule has 0 aromatic heterocycles. The monoisotopic (exact) mass is 233 g/mol. The first-order valence-electron chi connectivity index (χ1n) is 5.22. The Hall–Kier alpha value is -1.15. The van der Waals surface area contributed by atoms with Crippen LogP contribution in [0.25, 0.3) is 0 Å². The van der Waals surface area contributed by atoms with Crippen LogP contribution in [0.2, 0.25) is 0 Å². The van der Waals surface area contributed by atoms with Gasteiger partial charge in [0.15, 0.2) is 0 Å². The fraction of sp³-hybridized carbons (Fsp3) is 0.727. The van der Waals surface area contributed by atoms with Crippen LogP contribution in [-0.2, 0) is 4.79 Å². The molecule has 0 unspecified atom stereocenters. The van der Waals surface area contributed by atoms with Crippen molar-refractivity contribution >= 4 is 5.91 Å². The van der Waals surface area contributed by atoms with Crippen LogP contribution >= 0.6 is 0 Å². The van der Waals surface area contributed by atoms with Gasteiger partial charge in [-0.3, -0.25) is 4.79 Å². The van der Waals surface area contributed by atoms with Crippen LogP contribution < -0.4 is 0 Å². The summed E-state index contributed by atoms with van der Waals surface area (Å²) in [4.78, 5) is 12.4. The molecule has 0 rings (SSSR count). The Morgan fingerprint density at radius 3 is 2.62 bits per heavy atom. The number of unbranched alkanes of at least 4 members (excludes halogenated alkanes) is 2. The lowest BCUT2D eigenvalue weighted by Crippen LogP contribution is -2.37. The summed E-state index contributed by atoms with van der Waals surface area (Å²) in [6.45, 7) is -0.963. The smallest absolute Gasteiger partial charge is 0.255 e. The molecule has 92 valence electrons. The molecule has 5 heteroatoms. The highest BCUT2D eigenvalue weighted by Gasteiger charge is 2.16. The summed E-state index contributed by atoms with van der Waals surface area (Å²) in [6, 6.07) is 0. The second-order valence-electron chi connectivity index (χ2n) is 3.37. The Kier molecular flexibility index (Phi) is 8.45. The zero-order chi connectivity index (χ0) is 12.4. The van der Waals surface area contributed by atoms with E-state index in [1.54, 1.807) is 0 Å². The van der Waals surface area contributed by atoms with Crippen molar-refractivity contribution in [3.63, 3.8) is 0 Å². The van der Waals surface area contributed by atoms with Gasteiger partial charge >= 0.3 is 0 Å². The van der Waals surface area contributed by atoms with E-state index in [0.717, 1.165) is 4.90 Å². The Morgan fingerprint density at radius 2 is 2.12 bits per heavy atom. The number of carbonyl (C=O) groups is 1. The summed E-state index contributed by atoms with van der Waals surface area (Å²) in [6.07, 6.45) is 4.56. The van der Waals surface area contributed by atoms with Crippen molar-refractivity contribution in [3.8, 4) is 12.3 Å². The highest BCUT2D eigenvalue weighted by Crippen LogP contribution is 2.05. The van der Waals surface area contributed by atoms with E-state index in [1.165, 1.54) is 0 Å². The van der Waals surface area contributed by atoms with Crippen LogP contribution in [0.3, 0.4) is 0 Å². The number of hydrogen-bond donors (Lipinski definition) is 1. The Morgan fingerprint density at radius 1 is 1.44 bits per heavy atom. The molecule has 1 amide bonds. The molecular formula is C11H17F2NO2. The molecule has 0 atom stereocenters. The van der Waals surface area contributed by atoms with Crippen molar-refractivity contribution in [1.29, 1.82) is 0 Å². The number of hydrogen-bond acceptors (Lipinski definition) is 2. The van der Waals surface area contributed by atoms with E-state index in [-0.39, 0.29) is 25.5 Å². The maximum Gasteiger partial charge on any atom is 0.255 e. The largest absolute Gasteiger partial charge is 0.395 e. The number of halogens is 2. The topological polar surface area (TPSA) is 40.5 Å². The van der Waals surface area contributed by atoms with E-state index in [2.05, 4.69) is 5.92 Å². The zero-order valence-corrected chi connectivity index (χ0v) is 9.16.